The van der Waals surface area contributed by atoms with Crippen molar-refractivity contribution in [3.05, 3.63) is 59.2 Å². The molecule has 9 heteroatoms. The number of fused-ring (bicyclic) bond motifs is 7. The maximum absolute atomic E-state index is 13.9. The first-order valence-electron chi connectivity index (χ1n) is 11.5. The van der Waals surface area contributed by atoms with Gasteiger partial charge in [-0.05, 0) is 55.6 Å². The van der Waals surface area contributed by atoms with E-state index < -0.39 is 40.9 Å². The van der Waals surface area contributed by atoms with Gasteiger partial charge < -0.3 is 5.32 Å². The van der Waals surface area contributed by atoms with E-state index in [4.69, 9.17) is 0 Å². The maximum Gasteiger partial charge on any atom is 0.416 e. The van der Waals surface area contributed by atoms with Crippen LogP contribution in [0.1, 0.15) is 36.5 Å². The SMILES string of the molecule is CCc1ccc2c(c1)[C@]1(C(=O)N2)[C@@H]2C(=O)N(c3cccc(C(F)(F)F)c3)C(=O)[C@H]2[C@H]2CCCN21. The summed E-state index contributed by atoms with van der Waals surface area (Å²) in [5.74, 6) is -3.27. The Morgan fingerprint density at radius 2 is 1.88 bits per heavy atom. The molecule has 0 saturated carbocycles. The van der Waals surface area contributed by atoms with Gasteiger partial charge in [-0.2, -0.15) is 13.2 Å². The molecule has 3 amide bonds. The molecule has 0 aliphatic carbocycles. The number of hydrogen-bond donors (Lipinski definition) is 1. The third kappa shape index (κ3) is 2.53. The van der Waals surface area contributed by atoms with Crippen LogP contribution in [0.5, 0.6) is 0 Å². The average molecular weight is 469 g/mol. The molecule has 3 fully saturated rings. The second kappa shape index (κ2) is 6.91. The molecule has 34 heavy (non-hydrogen) atoms. The van der Waals surface area contributed by atoms with E-state index >= 15 is 0 Å². The van der Waals surface area contributed by atoms with Gasteiger partial charge in [-0.15, -0.1) is 0 Å². The Morgan fingerprint density at radius 3 is 2.62 bits per heavy atom. The van der Waals surface area contributed by atoms with Crippen molar-refractivity contribution >= 4 is 29.1 Å². The van der Waals surface area contributed by atoms with E-state index in [9.17, 15) is 27.6 Å². The number of carbonyl (C=O) groups is 3. The molecule has 176 valence electrons. The second-order valence-corrected chi connectivity index (χ2v) is 9.42. The summed E-state index contributed by atoms with van der Waals surface area (Å²) < 4.78 is 40.0. The lowest BCUT2D eigenvalue weighted by Gasteiger charge is -2.36. The summed E-state index contributed by atoms with van der Waals surface area (Å²) in [5, 5.41) is 2.91. The Balaban J connectivity index is 1.52. The lowest BCUT2D eigenvalue weighted by Crippen LogP contribution is -2.54. The highest BCUT2D eigenvalue weighted by molar-refractivity contribution is 6.25. The van der Waals surface area contributed by atoms with E-state index in [0.717, 1.165) is 35.4 Å². The van der Waals surface area contributed by atoms with Crippen LogP contribution >= 0.6 is 0 Å². The number of benzene rings is 2. The Morgan fingerprint density at radius 1 is 1.09 bits per heavy atom. The predicted octanol–water partition coefficient (Wildman–Crippen LogP) is 3.70. The van der Waals surface area contributed by atoms with Crippen LogP contribution in [-0.2, 0) is 32.5 Å². The van der Waals surface area contributed by atoms with Crippen LogP contribution < -0.4 is 10.2 Å². The normalized spacial score (nSPS) is 30.2. The van der Waals surface area contributed by atoms with Crippen molar-refractivity contribution in [2.24, 2.45) is 11.8 Å². The molecule has 2 aromatic rings. The molecule has 4 aliphatic rings. The number of alkyl halides is 3. The first-order valence-corrected chi connectivity index (χ1v) is 11.5. The Labute approximate surface area is 193 Å². The standard InChI is InChI=1S/C25H22F3N3O3/c1-2-13-8-9-17-16(11-13)24(23(34)29-17)20-19(18-7-4-10-30(18)24)21(32)31(22(20)33)15-6-3-5-14(12-15)25(26,27)28/h3,5-6,8-9,11-12,18-20H,2,4,7,10H2,1H3,(H,29,34)/t18-,19+,20+,24-/m1/s1. The van der Waals surface area contributed by atoms with Gasteiger partial charge in [0.25, 0.3) is 0 Å². The van der Waals surface area contributed by atoms with E-state index in [2.05, 4.69) is 5.32 Å². The number of nitrogens with one attached hydrogen (secondary N) is 1. The fourth-order valence-corrected chi connectivity index (χ4v) is 6.55. The molecule has 4 heterocycles. The summed E-state index contributed by atoms with van der Waals surface area (Å²) in [6.07, 6.45) is -2.45. The van der Waals surface area contributed by atoms with Gasteiger partial charge in [-0.25, -0.2) is 4.90 Å². The summed E-state index contributed by atoms with van der Waals surface area (Å²) >= 11 is 0. The van der Waals surface area contributed by atoms with Gasteiger partial charge in [0.15, 0.2) is 0 Å². The van der Waals surface area contributed by atoms with Crippen molar-refractivity contribution < 1.29 is 27.6 Å². The monoisotopic (exact) mass is 469 g/mol. The fourth-order valence-electron chi connectivity index (χ4n) is 6.55. The number of nitrogens with zero attached hydrogens (tertiary/aromatic N) is 2. The third-order valence-corrected chi connectivity index (χ3v) is 7.90. The minimum atomic E-state index is -4.61. The second-order valence-electron chi connectivity index (χ2n) is 9.42. The van der Waals surface area contributed by atoms with Crippen LogP contribution in [0.4, 0.5) is 24.5 Å². The molecular formula is C25H22F3N3O3. The van der Waals surface area contributed by atoms with Crippen LogP contribution in [0.2, 0.25) is 0 Å². The van der Waals surface area contributed by atoms with Crippen LogP contribution in [0.15, 0.2) is 42.5 Å². The van der Waals surface area contributed by atoms with Gasteiger partial charge in [0.05, 0.1) is 23.1 Å². The number of rotatable bonds is 2. The number of anilines is 2. The summed E-state index contributed by atoms with van der Waals surface area (Å²) in [4.78, 5) is 44.0. The molecule has 4 aliphatic heterocycles. The first kappa shape index (κ1) is 21.3. The summed E-state index contributed by atoms with van der Waals surface area (Å²) in [6, 6.07) is 9.61. The highest BCUT2D eigenvalue weighted by Gasteiger charge is 2.74. The van der Waals surface area contributed by atoms with E-state index in [0.29, 0.717) is 24.2 Å². The van der Waals surface area contributed by atoms with Crippen LogP contribution in [0.25, 0.3) is 0 Å². The van der Waals surface area contributed by atoms with Crippen LogP contribution in [0.3, 0.4) is 0 Å². The molecule has 2 aromatic carbocycles. The minimum absolute atomic E-state index is 0.111. The van der Waals surface area contributed by atoms with Crippen LogP contribution in [-0.4, -0.2) is 35.2 Å². The molecule has 0 unspecified atom stereocenters. The Bertz CT molecular complexity index is 1260. The molecule has 1 spiro atoms. The minimum Gasteiger partial charge on any atom is -0.324 e. The van der Waals surface area contributed by atoms with Crippen LogP contribution in [0, 0.1) is 11.8 Å². The van der Waals surface area contributed by atoms with E-state index in [-0.39, 0.29) is 17.6 Å². The molecular weight excluding hydrogens is 447 g/mol. The molecule has 3 saturated heterocycles. The molecule has 0 bridgehead atoms. The highest BCUT2D eigenvalue weighted by atomic mass is 19.4. The van der Waals surface area contributed by atoms with E-state index in [1.54, 1.807) is 0 Å². The van der Waals surface area contributed by atoms with Gasteiger partial charge in [0, 0.05) is 17.3 Å². The number of carbonyl (C=O) groups excluding carboxylic acids is 3. The van der Waals surface area contributed by atoms with E-state index in [1.807, 2.05) is 30.0 Å². The molecule has 6 rings (SSSR count). The average Bonchev–Trinajstić information content (AvgIpc) is 3.51. The quantitative estimate of drug-likeness (QED) is 0.682. The lowest BCUT2D eigenvalue weighted by molar-refractivity contribution is -0.137. The number of amides is 3. The van der Waals surface area contributed by atoms with Gasteiger partial charge in [0.1, 0.15) is 5.54 Å². The molecule has 1 N–H and O–H groups in total. The lowest BCUT2D eigenvalue weighted by atomic mass is 9.75. The van der Waals surface area contributed by atoms with Crippen molar-refractivity contribution in [2.45, 2.75) is 43.9 Å². The van der Waals surface area contributed by atoms with Gasteiger partial charge in [-0.1, -0.05) is 25.1 Å². The van der Waals surface area contributed by atoms with Crippen molar-refractivity contribution in [3.8, 4) is 0 Å². The maximum atomic E-state index is 13.9. The number of hydrogen-bond acceptors (Lipinski definition) is 4. The van der Waals surface area contributed by atoms with Crippen molar-refractivity contribution in [1.29, 1.82) is 0 Å². The first-order chi connectivity index (χ1) is 16.2. The van der Waals surface area contributed by atoms with Gasteiger partial charge in [0.2, 0.25) is 17.7 Å². The number of halogens is 3. The number of aryl methyl sites for hydroxylation is 1. The predicted molar refractivity (Wildman–Crippen MR) is 117 cm³/mol. The van der Waals surface area contributed by atoms with Gasteiger partial charge in [-0.3, -0.25) is 19.3 Å². The highest BCUT2D eigenvalue weighted by Crippen LogP contribution is 2.60. The van der Waals surface area contributed by atoms with Crippen molar-refractivity contribution in [2.75, 3.05) is 16.8 Å². The third-order valence-electron chi connectivity index (χ3n) is 7.90. The Kier molecular flexibility index (Phi) is 4.34. The fraction of sp³-hybridized carbons (Fsp3) is 0.400. The molecule has 0 aromatic heterocycles. The number of imide groups is 1. The zero-order valence-electron chi connectivity index (χ0n) is 18.4. The molecule has 6 nitrogen and oxygen atoms in total. The Hall–Kier alpha value is -3.20. The van der Waals surface area contributed by atoms with Gasteiger partial charge >= 0.3 is 6.18 Å². The van der Waals surface area contributed by atoms with E-state index in [1.165, 1.54) is 12.1 Å². The van der Waals surface area contributed by atoms with Crippen molar-refractivity contribution in [1.82, 2.24) is 4.90 Å². The largest absolute Gasteiger partial charge is 0.416 e. The molecule has 0 radical (unpaired) electrons. The topological polar surface area (TPSA) is 69.7 Å². The smallest absolute Gasteiger partial charge is 0.324 e. The molecule has 4 atom stereocenters. The summed E-state index contributed by atoms with van der Waals surface area (Å²) in [7, 11) is 0. The summed E-state index contributed by atoms with van der Waals surface area (Å²) in [5.41, 5.74) is -0.0821. The van der Waals surface area contributed by atoms with Crippen molar-refractivity contribution in [3.63, 3.8) is 0 Å². The zero-order chi connectivity index (χ0) is 24.0. The summed E-state index contributed by atoms with van der Waals surface area (Å²) in [6.45, 7) is 2.57. The zero-order valence-corrected chi connectivity index (χ0v) is 18.4.